The average Bonchev–Trinajstić information content (AvgIpc) is 2.98. The number of piperidine rings is 1. The van der Waals surface area contributed by atoms with E-state index in [0.29, 0.717) is 6.54 Å². The highest BCUT2D eigenvalue weighted by molar-refractivity contribution is 8.00. The van der Waals surface area contributed by atoms with Crippen molar-refractivity contribution in [2.75, 3.05) is 13.1 Å². The molecule has 0 aliphatic carbocycles. The van der Waals surface area contributed by atoms with E-state index in [1.807, 2.05) is 25.1 Å². The Labute approximate surface area is 152 Å². The molecule has 1 aromatic carbocycles. The Morgan fingerprint density at radius 3 is 2.64 bits per heavy atom. The van der Waals surface area contributed by atoms with Crippen LogP contribution in [0.15, 0.2) is 35.5 Å². The molecule has 7 heteroatoms. The third kappa shape index (κ3) is 4.83. The Bertz CT molecular complexity index is 697. The van der Waals surface area contributed by atoms with Crippen molar-refractivity contribution in [1.82, 2.24) is 14.8 Å². The Morgan fingerprint density at radius 1 is 1.24 bits per heavy atom. The maximum Gasteiger partial charge on any atom is 0.230 e. The molecule has 1 saturated heterocycles. The summed E-state index contributed by atoms with van der Waals surface area (Å²) in [4.78, 5) is 13.0. The first-order valence-electron chi connectivity index (χ1n) is 8.89. The van der Waals surface area contributed by atoms with Crippen LogP contribution in [0.3, 0.4) is 0 Å². The molecule has 2 heterocycles. The Balaban J connectivity index is 1.83. The number of aromatic nitrogens is 3. The Kier molecular flexibility index (Phi) is 6.09. The maximum absolute atomic E-state index is 11.4. The van der Waals surface area contributed by atoms with E-state index in [0.717, 1.165) is 17.5 Å². The van der Waals surface area contributed by atoms with Gasteiger partial charge in [-0.05, 0) is 31.7 Å². The lowest BCUT2D eigenvalue weighted by Gasteiger charge is -2.23. The van der Waals surface area contributed by atoms with Gasteiger partial charge in [0.2, 0.25) is 5.91 Å². The largest absolute Gasteiger partial charge is 0.369 e. The summed E-state index contributed by atoms with van der Waals surface area (Å²) in [5.74, 6) is 0.655. The van der Waals surface area contributed by atoms with Crippen molar-refractivity contribution < 1.29 is 9.69 Å². The SMILES string of the molecule is C[C@H](Sc1nnc(C[NH+]2CCCCC2)n1Cc1ccccc1)C(N)=O. The number of hydrogen-bond donors (Lipinski definition) is 2. The van der Waals surface area contributed by atoms with Crippen molar-refractivity contribution in [3.8, 4) is 0 Å². The molecule has 2 aromatic rings. The number of benzene rings is 1. The molecule has 1 aliphatic heterocycles. The van der Waals surface area contributed by atoms with E-state index in [1.165, 1.54) is 49.7 Å². The second kappa shape index (κ2) is 8.49. The van der Waals surface area contributed by atoms with E-state index in [2.05, 4.69) is 26.9 Å². The maximum atomic E-state index is 11.4. The number of primary amides is 1. The van der Waals surface area contributed by atoms with Crippen LogP contribution in [-0.4, -0.2) is 39.0 Å². The quantitative estimate of drug-likeness (QED) is 0.718. The summed E-state index contributed by atoms with van der Waals surface area (Å²) in [6.07, 6.45) is 3.89. The number of amides is 1. The monoisotopic (exact) mass is 360 g/mol. The lowest BCUT2D eigenvalue weighted by atomic mass is 10.1. The van der Waals surface area contributed by atoms with E-state index < -0.39 is 0 Å². The fraction of sp³-hybridized carbons (Fsp3) is 0.500. The first kappa shape index (κ1) is 17.9. The molecular formula is C18H26N5OS+. The lowest BCUT2D eigenvalue weighted by Crippen LogP contribution is -3.11. The van der Waals surface area contributed by atoms with Crippen LogP contribution in [0.5, 0.6) is 0 Å². The van der Waals surface area contributed by atoms with Gasteiger partial charge in [-0.2, -0.15) is 0 Å². The van der Waals surface area contributed by atoms with Gasteiger partial charge in [-0.1, -0.05) is 42.1 Å². The minimum atomic E-state index is -0.331. The number of carbonyl (C=O) groups is 1. The number of quaternary nitrogens is 1. The van der Waals surface area contributed by atoms with Crippen molar-refractivity contribution in [3.63, 3.8) is 0 Å². The molecule has 0 saturated carbocycles. The summed E-state index contributed by atoms with van der Waals surface area (Å²) in [5.41, 5.74) is 6.62. The number of rotatable bonds is 7. The molecule has 1 atom stereocenters. The van der Waals surface area contributed by atoms with Crippen molar-refractivity contribution >= 4 is 17.7 Å². The fourth-order valence-electron chi connectivity index (χ4n) is 3.13. The Morgan fingerprint density at radius 2 is 1.96 bits per heavy atom. The molecule has 134 valence electrons. The van der Waals surface area contributed by atoms with Crippen LogP contribution < -0.4 is 10.6 Å². The van der Waals surface area contributed by atoms with Gasteiger partial charge in [-0.25, -0.2) is 0 Å². The molecule has 0 radical (unpaired) electrons. The molecule has 1 amide bonds. The summed E-state index contributed by atoms with van der Waals surface area (Å²) in [5, 5.41) is 9.23. The zero-order valence-electron chi connectivity index (χ0n) is 14.6. The number of thioether (sulfide) groups is 1. The molecule has 0 spiro atoms. The van der Waals surface area contributed by atoms with E-state index in [4.69, 9.17) is 5.73 Å². The van der Waals surface area contributed by atoms with Crippen LogP contribution in [0.2, 0.25) is 0 Å². The van der Waals surface area contributed by atoms with Gasteiger partial charge >= 0.3 is 0 Å². The second-order valence-electron chi connectivity index (χ2n) is 6.62. The summed E-state index contributed by atoms with van der Waals surface area (Å²) in [6, 6.07) is 10.3. The number of nitrogens with zero attached hydrogens (tertiary/aromatic N) is 3. The normalized spacial score (nSPS) is 16.7. The van der Waals surface area contributed by atoms with Gasteiger partial charge in [0.1, 0.15) is 6.54 Å². The highest BCUT2D eigenvalue weighted by Gasteiger charge is 2.22. The van der Waals surface area contributed by atoms with E-state index in [9.17, 15) is 4.79 Å². The number of hydrogen-bond acceptors (Lipinski definition) is 4. The predicted octanol–water partition coefficient (Wildman–Crippen LogP) is 0.861. The van der Waals surface area contributed by atoms with Crippen LogP contribution >= 0.6 is 11.8 Å². The van der Waals surface area contributed by atoms with Crippen LogP contribution in [0.1, 0.15) is 37.6 Å². The molecule has 1 fully saturated rings. The zero-order valence-corrected chi connectivity index (χ0v) is 15.5. The van der Waals surface area contributed by atoms with Gasteiger partial charge in [-0.15, -0.1) is 10.2 Å². The van der Waals surface area contributed by atoms with Crippen molar-refractivity contribution in [1.29, 1.82) is 0 Å². The van der Waals surface area contributed by atoms with Crippen LogP contribution in [-0.2, 0) is 17.9 Å². The van der Waals surface area contributed by atoms with E-state index in [-0.39, 0.29) is 11.2 Å². The summed E-state index contributed by atoms with van der Waals surface area (Å²) >= 11 is 1.39. The topological polar surface area (TPSA) is 78.2 Å². The third-order valence-corrected chi connectivity index (χ3v) is 5.73. The van der Waals surface area contributed by atoms with Gasteiger partial charge in [0.15, 0.2) is 11.0 Å². The average molecular weight is 361 g/mol. The van der Waals surface area contributed by atoms with Gasteiger partial charge in [-0.3, -0.25) is 9.36 Å². The zero-order chi connectivity index (χ0) is 17.6. The second-order valence-corrected chi connectivity index (χ2v) is 7.93. The molecule has 1 aliphatic rings. The Hall–Kier alpha value is -1.86. The fourth-order valence-corrected chi connectivity index (χ4v) is 3.95. The van der Waals surface area contributed by atoms with Gasteiger partial charge in [0.05, 0.1) is 24.9 Å². The molecule has 3 rings (SSSR count). The molecule has 0 unspecified atom stereocenters. The molecule has 1 aromatic heterocycles. The standard InChI is InChI=1S/C18H25N5OS/c1-14(17(19)24)25-18-21-20-16(13-22-10-6-3-7-11-22)23(18)12-15-8-4-2-5-9-15/h2,4-5,8-9,14H,3,6-7,10-13H2,1H3,(H2,19,24)/p+1/t14-/m0/s1. The summed E-state index contributed by atoms with van der Waals surface area (Å²) < 4.78 is 2.14. The molecule has 3 N–H and O–H groups in total. The molecule has 0 bridgehead atoms. The van der Waals surface area contributed by atoms with Crippen molar-refractivity contribution in [2.24, 2.45) is 5.73 Å². The van der Waals surface area contributed by atoms with Gasteiger partial charge in [0.25, 0.3) is 0 Å². The van der Waals surface area contributed by atoms with Gasteiger partial charge in [0, 0.05) is 0 Å². The van der Waals surface area contributed by atoms with Crippen molar-refractivity contribution in [3.05, 3.63) is 41.7 Å². The molecular weight excluding hydrogens is 334 g/mol. The molecule has 25 heavy (non-hydrogen) atoms. The van der Waals surface area contributed by atoms with Gasteiger partial charge < -0.3 is 10.6 Å². The highest BCUT2D eigenvalue weighted by Crippen LogP contribution is 2.23. The summed E-state index contributed by atoms with van der Waals surface area (Å²) in [6.45, 7) is 5.79. The van der Waals surface area contributed by atoms with Crippen LogP contribution in [0.4, 0.5) is 0 Å². The van der Waals surface area contributed by atoms with Crippen LogP contribution in [0.25, 0.3) is 0 Å². The number of nitrogens with one attached hydrogen (secondary N) is 1. The van der Waals surface area contributed by atoms with Crippen molar-refractivity contribution in [2.45, 2.75) is 49.7 Å². The first-order valence-corrected chi connectivity index (χ1v) is 9.77. The molecule has 6 nitrogen and oxygen atoms in total. The summed E-state index contributed by atoms with van der Waals surface area (Å²) in [7, 11) is 0. The highest BCUT2D eigenvalue weighted by atomic mass is 32.2. The first-order chi connectivity index (χ1) is 12.1. The lowest BCUT2D eigenvalue weighted by molar-refractivity contribution is -0.919. The predicted molar refractivity (Wildman–Crippen MR) is 98.3 cm³/mol. The smallest absolute Gasteiger partial charge is 0.230 e. The minimum absolute atomic E-state index is 0.325. The minimum Gasteiger partial charge on any atom is -0.369 e. The van der Waals surface area contributed by atoms with E-state index >= 15 is 0 Å². The number of likely N-dealkylation sites (tertiary alicyclic amines) is 1. The van der Waals surface area contributed by atoms with Crippen LogP contribution in [0, 0.1) is 0 Å². The van der Waals surface area contributed by atoms with E-state index in [1.54, 1.807) is 4.90 Å². The number of carbonyl (C=O) groups excluding carboxylic acids is 1. The third-order valence-electron chi connectivity index (χ3n) is 4.63. The number of nitrogens with two attached hydrogens (primary N) is 1.